The first-order valence-corrected chi connectivity index (χ1v) is 10.3. The maximum absolute atomic E-state index is 15.2. The average molecular weight is 411 g/mol. The van der Waals surface area contributed by atoms with Gasteiger partial charge in [0, 0.05) is 38.4 Å². The summed E-state index contributed by atoms with van der Waals surface area (Å²) in [6, 6.07) is 7.77. The number of aromatic nitrogens is 6. The van der Waals surface area contributed by atoms with Crippen molar-refractivity contribution in [1.82, 2.24) is 35.7 Å². The first kappa shape index (κ1) is 20.3. The summed E-state index contributed by atoms with van der Waals surface area (Å²) >= 11 is 0. The van der Waals surface area contributed by atoms with Crippen LogP contribution in [0.15, 0.2) is 30.5 Å². The molecule has 0 spiro atoms. The Morgan fingerprint density at radius 2 is 2.10 bits per heavy atom. The minimum Gasteiger partial charge on any atom is -0.366 e. The van der Waals surface area contributed by atoms with Crippen molar-refractivity contribution in [3.05, 3.63) is 47.5 Å². The molecule has 0 aliphatic carbocycles. The van der Waals surface area contributed by atoms with Crippen molar-refractivity contribution >= 4 is 5.69 Å². The lowest BCUT2D eigenvalue weighted by molar-refractivity contribution is 0.218. The highest BCUT2D eigenvalue weighted by Gasteiger charge is 2.29. The topological polar surface area (TPSA) is 86.7 Å². The second kappa shape index (κ2) is 8.83. The van der Waals surface area contributed by atoms with E-state index in [1.165, 1.54) is 0 Å². The zero-order chi connectivity index (χ0) is 21.1. The van der Waals surface area contributed by atoms with Crippen molar-refractivity contribution in [2.24, 2.45) is 5.92 Å². The highest BCUT2D eigenvalue weighted by Crippen LogP contribution is 2.35. The number of piperazine rings is 1. The lowest BCUT2D eigenvalue weighted by Crippen LogP contribution is -2.52. The molecule has 1 aliphatic heterocycles. The molecule has 30 heavy (non-hydrogen) atoms. The van der Waals surface area contributed by atoms with Crippen LogP contribution >= 0.6 is 0 Å². The molecule has 1 atom stereocenters. The molecule has 2 aromatic heterocycles. The van der Waals surface area contributed by atoms with E-state index in [4.69, 9.17) is 0 Å². The molecule has 3 aromatic rings. The Kier molecular flexibility index (Phi) is 5.98. The second-order valence-corrected chi connectivity index (χ2v) is 8.30. The number of hydrogen-bond donors (Lipinski definition) is 1. The number of aromatic amines is 1. The van der Waals surface area contributed by atoms with E-state index >= 15 is 4.39 Å². The van der Waals surface area contributed by atoms with Crippen LogP contribution in [0.1, 0.15) is 32.0 Å². The Morgan fingerprint density at radius 3 is 2.77 bits per heavy atom. The molecule has 0 radical (unpaired) electrons. The summed E-state index contributed by atoms with van der Waals surface area (Å²) in [5.41, 5.74) is 3.18. The van der Waals surface area contributed by atoms with E-state index < -0.39 is 0 Å². The van der Waals surface area contributed by atoms with Crippen LogP contribution in [0.3, 0.4) is 0 Å². The summed E-state index contributed by atoms with van der Waals surface area (Å²) in [5.74, 6) is 0.418. The van der Waals surface area contributed by atoms with Gasteiger partial charge in [-0.3, -0.25) is 4.90 Å². The van der Waals surface area contributed by atoms with Crippen molar-refractivity contribution in [1.29, 1.82) is 0 Å². The van der Waals surface area contributed by atoms with Crippen molar-refractivity contribution in [3.8, 4) is 11.4 Å². The number of tetrazole rings is 1. The molecule has 0 saturated carbocycles. The maximum Gasteiger partial charge on any atom is 0.209 e. The van der Waals surface area contributed by atoms with Gasteiger partial charge >= 0.3 is 0 Å². The van der Waals surface area contributed by atoms with E-state index in [9.17, 15) is 0 Å². The van der Waals surface area contributed by atoms with Crippen LogP contribution in [0.2, 0.25) is 0 Å². The number of nitrogens with zero attached hydrogens (tertiary/aromatic N) is 7. The van der Waals surface area contributed by atoms with Gasteiger partial charge in [-0.25, -0.2) is 4.39 Å². The predicted molar refractivity (Wildman–Crippen MR) is 112 cm³/mol. The van der Waals surface area contributed by atoms with Gasteiger partial charge in [-0.05, 0) is 54.3 Å². The van der Waals surface area contributed by atoms with Crippen molar-refractivity contribution < 1.29 is 4.39 Å². The first-order chi connectivity index (χ1) is 14.5. The summed E-state index contributed by atoms with van der Waals surface area (Å²) in [6.45, 7) is 9.66. The standard InChI is InChI=1S/C21H27FN8/c1-14(2)9-16-10-18(22)20(21-25-27-28-26-21)19(11-16)30-8-7-29(12-15(30)3)13-17-5-4-6-23-24-17/h4-6,10-11,14-15H,7-9,12-13H2,1-3H3,(H,25,26,27,28). The monoisotopic (exact) mass is 410 g/mol. The maximum atomic E-state index is 15.2. The summed E-state index contributed by atoms with van der Waals surface area (Å²) in [7, 11) is 0. The van der Waals surface area contributed by atoms with Gasteiger partial charge in [0.2, 0.25) is 5.82 Å². The van der Waals surface area contributed by atoms with Gasteiger partial charge in [0.05, 0.1) is 16.9 Å². The van der Waals surface area contributed by atoms with E-state index in [2.05, 4.69) is 67.5 Å². The van der Waals surface area contributed by atoms with Gasteiger partial charge in [0.15, 0.2) is 0 Å². The Morgan fingerprint density at radius 1 is 1.23 bits per heavy atom. The number of halogens is 1. The Balaban J connectivity index is 1.61. The van der Waals surface area contributed by atoms with Gasteiger partial charge < -0.3 is 4.90 Å². The molecule has 0 amide bonds. The van der Waals surface area contributed by atoms with E-state index in [1.807, 2.05) is 12.1 Å². The number of rotatable bonds is 6. The molecule has 0 bridgehead atoms. The summed E-state index contributed by atoms with van der Waals surface area (Å²) < 4.78 is 15.2. The lowest BCUT2D eigenvalue weighted by atomic mass is 9.98. The summed E-state index contributed by atoms with van der Waals surface area (Å²) in [5, 5.41) is 22.3. The summed E-state index contributed by atoms with van der Waals surface area (Å²) in [6.07, 6.45) is 2.50. The van der Waals surface area contributed by atoms with Crippen LogP contribution in [0.25, 0.3) is 11.4 Å². The molecule has 9 heteroatoms. The van der Waals surface area contributed by atoms with Crippen molar-refractivity contribution in [3.63, 3.8) is 0 Å². The zero-order valence-electron chi connectivity index (χ0n) is 17.6. The van der Waals surface area contributed by atoms with Crippen LogP contribution in [0.4, 0.5) is 10.1 Å². The SMILES string of the molecule is CC(C)Cc1cc(F)c(-c2nn[nH]n2)c(N2CCN(Cc3cccnn3)CC2C)c1. The Labute approximate surface area is 175 Å². The molecular formula is C21H27FN8. The quantitative estimate of drug-likeness (QED) is 0.669. The highest BCUT2D eigenvalue weighted by molar-refractivity contribution is 5.76. The third-order valence-corrected chi connectivity index (χ3v) is 5.38. The normalized spacial score (nSPS) is 17.6. The molecule has 4 rings (SSSR count). The molecule has 3 heterocycles. The van der Waals surface area contributed by atoms with E-state index in [1.54, 1.807) is 12.3 Å². The molecular weight excluding hydrogens is 383 g/mol. The summed E-state index contributed by atoms with van der Waals surface area (Å²) in [4.78, 5) is 4.61. The molecule has 1 saturated heterocycles. The fourth-order valence-electron chi connectivity index (χ4n) is 4.13. The number of nitrogens with one attached hydrogen (secondary N) is 1. The lowest BCUT2D eigenvalue weighted by Gasteiger charge is -2.42. The van der Waals surface area contributed by atoms with Crippen molar-refractivity contribution in [2.75, 3.05) is 24.5 Å². The predicted octanol–water partition coefficient (Wildman–Crippen LogP) is 2.71. The largest absolute Gasteiger partial charge is 0.366 e. The minimum atomic E-state index is -0.307. The molecule has 1 fully saturated rings. The molecule has 1 N–H and O–H groups in total. The van der Waals surface area contributed by atoms with Crippen LogP contribution in [0, 0.1) is 11.7 Å². The van der Waals surface area contributed by atoms with E-state index in [0.29, 0.717) is 11.5 Å². The Bertz CT molecular complexity index is 961. The molecule has 1 unspecified atom stereocenters. The van der Waals surface area contributed by atoms with Crippen LogP contribution in [-0.4, -0.2) is 61.4 Å². The average Bonchev–Trinajstić information content (AvgIpc) is 3.22. The zero-order valence-corrected chi connectivity index (χ0v) is 17.6. The third kappa shape index (κ3) is 4.46. The van der Waals surface area contributed by atoms with Crippen LogP contribution in [-0.2, 0) is 13.0 Å². The number of anilines is 1. The van der Waals surface area contributed by atoms with Gasteiger partial charge in [-0.2, -0.15) is 15.4 Å². The fraction of sp³-hybridized carbons (Fsp3) is 0.476. The Hall–Kier alpha value is -2.94. The van der Waals surface area contributed by atoms with Crippen molar-refractivity contribution in [2.45, 2.75) is 39.8 Å². The minimum absolute atomic E-state index is 0.190. The highest BCUT2D eigenvalue weighted by atomic mass is 19.1. The number of H-pyrrole nitrogens is 1. The van der Waals surface area contributed by atoms with Crippen LogP contribution in [0.5, 0.6) is 0 Å². The molecule has 1 aliphatic rings. The van der Waals surface area contributed by atoms with E-state index in [-0.39, 0.29) is 17.7 Å². The van der Waals surface area contributed by atoms with Gasteiger partial charge in [-0.15, -0.1) is 10.2 Å². The molecule has 158 valence electrons. The number of hydrogen-bond acceptors (Lipinski definition) is 7. The fourth-order valence-corrected chi connectivity index (χ4v) is 4.13. The van der Waals surface area contributed by atoms with Crippen LogP contribution < -0.4 is 4.90 Å². The second-order valence-electron chi connectivity index (χ2n) is 8.30. The van der Waals surface area contributed by atoms with Gasteiger partial charge in [0.25, 0.3) is 0 Å². The molecule has 1 aromatic carbocycles. The first-order valence-electron chi connectivity index (χ1n) is 10.3. The van der Waals surface area contributed by atoms with Gasteiger partial charge in [0.1, 0.15) is 5.82 Å². The van der Waals surface area contributed by atoms with Gasteiger partial charge in [-0.1, -0.05) is 13.8 Å². The van der Waals surface area contributed by atoms with E-state index in [0.717, 1.165) is 49.5 Å². The third-order valence-electron chi connectivity index (χ3n) is 5.38. The number of benzene rings is 1. The molecule has 8 nitrogen and oxygen atoms in total. The smallest absolute Gasteiger partial charge is 0.209 e.